The zero-order valence-corrected chi connectivity index (χ0v) is 11.2. The van der Waals surface area contributed by atoms with Gasteiger partial charge in [-0.1, -0.05) is 13.8 Å². The van der Waals surface area contributed by atoms with Crippen molar-refractivity contribution in [2.24, 2.45) is 5.92 Å². The van der Waals surface area contributed by atoms with Crippen LogP contribution >= 0.6 is 0 Å². The summed E-state index contributed by atoms with van der Waals surface area (Å²) in [6.45, 7) is 4.57. The van der Waals surface area contributed by atoms with E-state index in [1.54, 1.807) is 13.1 Å². The molecule has 0 saturated heterocycles. The average molecular weight is 257 g/mol. The highest BCUT2D eigenvalue weighted by Crippen LogP contribution is 2.18. The van der Waals surface area contributed by atoms with Crippen molar-refractivity contribution >= 4 is 15.7 Å². The van der Waals surface area contributed by atoms with Gasteiger partial charge in [-0.05, 0) is 24.5 Å². The van der Waals surface area contributed by atoms with Crippen molar-refractivity contribution in [1.82, 2.24) is 9.29 Å². The van der Waals surface area contributed by atoms with Crippen LogP contribution in [0.2, 0.25) is 0 Å². The van der Waals surface area contributed by atoms with Crippen molar-refractivity contribution in [3.05, 3.63) is 18.3 Å². The van der Waals surface area contributed by atoms with E-state index >= 15 is 0 Å². The fraction of sp³-hybridized carbons (Fsp3) is 0.545. The molecule has 0 amide bonds. The highest BCUT2D eigenvalue weighted by atomic mass is 32.2. The van der Waals surface area contributed by atoms with Gasteiger partial charge >= 0.3 is 0 Å². The predicted octanol–water partition coefficient (Wildman–Crippen LogP) is 1.33. The third-order valence-corrected chi connectivity index (χ3v) is 4.31. The lowest BCUT2D eigenvalue weighted by Crippen LogP contribution is -2.30. The molecule has 1 aromatic heterocycles. The van der Waals surface area contributed by atoms with Crippen LogP contribution in [-0.2, 0) is 10.0 Å². The Kier molecular flexibility index (Phi) is 4.47. The molecule has 5 nitrogen and oxygen atoms in total. The third-order valence-electron chi connectivity index (χ3n) is 2.48. The van der Waals surface area contributed by atoms with E-state index in [2.05, 4.69) is 18.8 Å². The molecule has 0 bridgehead atoms. The summed E-state index contributed by atoms with van der Waals surface area (Å²) < 4.78 is 25.6. The number of anilines is 1. The van der Waals surface area contributed by atoms with Crippen molar-refractivity contribution in [1.29, 1.82) is 0 Å². The summed E-state index contributed by atoms with van der Waals surface area (Å²) >= 11 is 0. The van der Waals surface area contributed by atoms with Crippen LogP contribution in [0.25, 0.3) is 0 Å². The molecular formula is C11H19N3O2S. The zero-order chi connectivity index (χ0) is 13.1. The van der Waals surface area contributed by atoms with Crippen molar-refractivity contribution in [2.45, 2.75) is 25.3 Å². The van der Waals surface area contributed by atoms with E-state index in [4.69, 9.17) is 5.73 Å². The van der Waals surface area contributed by atoms with E-state index in [0.29, 0.717) is 12.5 Å². The number of hydrogen-bond donors (Lipinski definition) is 1. The molecule has 96 valence electrons. The van der Waals surface area contributed by atoms with Gasteiger partial charge in [0, 0.05) is 19.8 Å². The largest absolute Gasteiger partial charge is 0.396 e. The fourth-order valence-electron chi connectivity index (χ4n) is 1.33. The molecule has 1 aromatic rings. The second-order valence-electron chi connectivity index (χ2n) is 4.41. The van der Waals surface area contributed by atoms with Crippen LogP contribution in [0.1, 0.15) is 20.3 Å². The van der Waals surface area contributed by atoms with Crippen LogP contribution in [-0.4, -0.2) is 31.3 Å². The number of nitrogens with zero attached hydrogens (tertiary/aromatic N) is 2. The van der Waals surface area contributed by atoms with Gasteiger partial charge in [0.05, 0.1) is 5.69 Å². The molecule has 0 unspecified atom stereocenters. The second kappa shape index (κ2) is 5.46. The monoisotopic (exact) mass is 257 g/mol. The van der Waals surface area contributed by atoms with Gasteiger partial charge in [0.2, 0.25) is 0 Å². The van der Waals surface area contributed by atoms with E-state index in [-0.39, 0.29) is 10.7 Å². The summed E-state index contributed by atoms with van der Waals surface area (Å²) in [5.41, 5.74) is 5.82. The van der Waals surface area contributed by atoms with Crippen LogP contribution in [0.15, 0.2) is 23.4 Å². The molecule has 0 atom stereocenters. The van der Waals surface area contributed by atoms with Crippen LogP contribution in [0.3, 0.4) is 0 Å². The molecule has 0 aromatic carbocycles. The average Bonchev–Trinajstić information content (AvgIpc) is 2.26. The van der Waals surface area contributed by atoms with Gasteiger partial charge in [-0.3, -0.25) is 0 Å². The summed E-state index contributed by atoms with van der Waals surface area (Å²) in [6, 6.07) is 3.15. The lowest BCUT2D eigenvalue weighted by Gasteiger charge is -2.18. The van der Waals surface area contributed by atoms with E-state index in [9.17, 15) is 8.42 Å². The number of pyridine rings is 1. The molecule has 0 aliphatic heterocycles. The van der Waals surface area contributed by atoms with Gasteiger partial charge < -0.3 is 5.73 Å². The van der Waals surface area contributed by atoms with E-state index in [1.807, 2.05) is 0 Å². The molecule has 1 heterocycles. The van der Waals surface area contributed by atoms with E-state index < -0.39 is 10.0 Å². The molecule has 17 heavy (non-hydrogen) atoms. The van der Waals surface area contributed by atoms with Crippen LogP contribution < -0.4 is 5.73 Å². The van der Waals surface area contributed by atoms with Crippen molar-refractivity contribution < 1.29 is 8.42 Å². The van der Waals surface area contributed by atoms with Gasteiger partial charge in [-0.2, -0.15) is 4.31 Å². The van der Waals surface area contributed by atoms with Crippen molar-refractivity contribution in [2.75, 3.05) is 19.3 Å². The summed E-state index contributed by atoms with van der Waals surface area (Å²) in [7, 11) is -2.02. The molecule has 0 fully saturated rings. The first-order valence-corrected chi connectivity index (χ1v) is 6.96. The summed E-state index contributed by atoms with van der Waals surface area (Å²) in [4.78, 5) is 3.84. The quantitative estimate of drug-likeness (QED) is 0.863. The standard InChI is InChI=1S/C11H19N3O2S/c1-9(2)6-8-14(3)17(15,16)11-10(12)5-4-7-13-11/h4-5,7,9H,6,8,12H2,1-3H3. The normalized spacial score (nSPS) is 12.3. The third kappa shape index (κ3) is 3.41. The first-order valence-electron chi connectivity index (χ1n) is 5.52. The molecule has 0 spiro atoms. The first kappa shape index (κ1) is 13.9. The second-order valence-corrected chi connectivity index (χ2v) is 6.37. The van der Waals surface area contributed by atoms with Crippen LogP contribution in [0, 0.1) is 5.92 Å². The molecular weight excluding hydrogens is 238 g/mol. The summed E-state index contributed by atoms with van der Waals surface area (Å²) in [6.07, 6.45) is 2.24. The molecule has 2 N–H and O–H groups in total. The Hall–Kier alpha value is -1.14. The van der Waals surface area contributed by atoms with Gasteiger partial charge in [0.15, 0.2) is 5.03 Å². The lowest BCUT2D eigenvalue weighted by atomic mass is 10.1. The maximum absolute atomic E-state index is 12.1. The smallest absolute Gasteiger partial charge is 0.262 e. The number of nitrogen functional groups attached to an aromatic ring is 1. The fourth-order valence-corrected chi connectivity index (χ4v) is 2.53. The maximum atomic E-state index is 12.1. The highest BCUT2D eigenvalue weighted by molar-refractivity contribution is 7.89. The molecule has 6 heteroatoms. The van der Waals surface area contributed by atoms with Gasteiger partial charge in [0.1, 0.15) is 0 Å². The number of aromatic nitrogens is 1. The van der Waals surface area contributed by atoms with Crippen molar-refractivity contribution in [3.8, 4) is 0 Å². The molecule has 0 aliphatic rings. The Balaban J connectivity index is 2.92. The van der Waals surface area contributed by atoms with E-state index in [0.717, 1.165) is 6.42 Å². The summed E-state index contributed by atoms with van der Waals surface area (Å²) in [5, 5.41) is -0.0637. The number of sulfonamides is 1. The van der Waals surface area contributed by atoms with Gasteiger partial charge in [-0.15, -0.1) is 0 Å². The number of rotatable bonds is 5. The van der Waals surface area contributed by atoms with Crippen LogP contribution in [0.4, 0.5) is 5.69 Å². The molecule has 1 rings (SSSR count). The SMILES string of the molecule is CC(C)CCN(C)S(=O)(=O)c1ncccc1N. The molecule has 0 saturated carbocycles. The zero-order valence-electron chi connectivity index (χ0n) is 10.4. The Labute approximate surface area is 103 Å². The summed E-state index contributed by atoms with van der Waals surface area (Å²) in [5.74, 6) is 0.453. The van der Waals surface area contributed by atoms with Gasteiger partial charge in [-0.25, -0.2) is 13.4 Å². The number of nitrogens with two attached hydrogens (primary N) is 1. The maximum Gasteiger partial charge on any atom is 0.262 e. The minimum Gasteiger partial charge on any atom is -0.396 e. The Bertz CT molecular complexity index is 471. The predicted molar refractivity (Wildman–Crippen MR) is 67.9 cm³/mol. The Morgan fingerprint density at radius 2 is 2.12 bits per heavy atom. The molecule has 0 aliphatic carbocycles. The number of hydrogen-bond acceptors (Lipinski definition) is 4. The first-order chi connectivity index (χ1) is 7.85. The molecule has 0 radical (unpaired) electrons. The lowest BCUT2D eigenvalue weighted by molar-refractivity contribution is 0.426. The highest BCUT2D eigenvalue weighted by Gasteiger charge is 2.24. The minimum atomic E-state index is -3.57. The van der Waals surface area contributed by atoms with E-state index in [1.165, 1.54) is 16.6 Å². The van der Waals surface area contributed by atoms with Gasteiger partial charge in [0.25, 0.3) is 10.0 Å². The Morgan fingerprint density at radius 3 is 2.65 bits per heavy atom. The van der Waals surface area contributed by atoms with Crippen LogP contribution in [0.5, 0.6) is 0 Å². The topological polar surface area (TPSA) is 76.3 Å². The minimum absolute atomic E-state index is 0.0637. The Morgan fingerprint density at radius 1 is 1.47 bits per heavy atom. The van der Waals surface area contributed by atoms with Crippen molar-refractivity contribution in [3.63, 3.8) is 0 Å².